The van der Waals surface area contributed by atoms with Crippen LogP contribution < -0.4 is 21.7 Å². The Morgan fingerprint density at radius 2 is 1.47 bits per heavy atom. The summed E-state index contributed by atoms with van der Waals surface area (Å²) in [6, 6.07) is 3.73. The molecule has 0 aliphatic rings. The zero-order chi connectivity index (χ0) is 25.8. The van der Waals surface area contributed by atoms with E-state index in [1.165, 1.54) is 25.6 Å². The molecule has 12 heteroatoms. The first-order valence-corrected chi connectivity index (χ1v) is 12.2. The molecule has 1 aromatic rings. The van der Waals surface area contributed by atoms with Gasteiger partial charge in [0.15, 0.2) is 6.04 Å². The molecule has 0 fully saturated rings. The number of carbonyl (C=O) groups excluding carboxylic acids is 3. The Bertz CT molecular complexity index is 823. The number of hydrogen-bond acceptors (Lipinski definition) is 8. The predicted octanol–water partition coefficient (Wildman–Crippen LogP) is -1.39. The van der Waals surface area contributed by atoms with Gasteiger partial charge in [-0.15, -0.1) is 0 Å². The van der Waals surface area contributed by atoms with Crippen LogP contribution in [0.5, 0.6) is 0 Å². The highest BCUT2D eigenvalue weighted by Gasteiger charge is 2.34. The number of benzene rings is 1. The number of nitrogens with one attached hydrogen (secondary N) is 3. The summed E-state index contributed by atoms with van der Waals surface area (Å²) in [5, 5.41) is 35.9. The van der Waals surface area contributed by atoms with Gasteiger partial charge in [-0.05, 0) is 37.8 Å². The minimum Gasteiger partial charge on any atom is -0.480 e. The first-order chi connectivity index (χ1) is 16.0. The summed E-state index contributed by atoms with van der Waals surface area (Å²) >= 11 is 1.53. The molecule has 0 saturated heterocycles. The Labute approximate surface area is 202 Å². The average molecular weight is 499 g/mol. The van der Waals surface area contributed by atoms with Crippen molar-refractivity contribution in [1.29, 1.82) is 0 Å². The molecule has 8 N–H and O–H groups in total. The highest BCUT2D eigenvalue weighted by molar-refractivity contribution is 7.98. The van der Waals surface area contributed by atoms with E-state index in [9.17, 15) is 34.5 Å². The molecule has 34 heavy (non-hydrogen) atoms. The zero-order valence-electron chi connectivity index (χ0n) is 19.4. The maximum Gasteiger partial charge on any atom is 0.328 e. The minimum absolute atomic E-state index is 0.0905. The second-order valence-electron chi connectivity index (χ2n) is 7.93. The number of rotatable bonds is 14. The van der Waals surface area contributed by atoms with Crippen LogP contribution in [-0.2, 0) is 25.6 Å². The maximum absolute atomic E-state index is 13.1. The molecule has 0 aromatic heterocycles. The van der Waals surface area contributed by atoms with E-state index in [-0.39, 0.29) is 6.42 Å². The molecule has 11 nitrogen and oxygen atoms in total. The highest BCUT2D eigenvalue weighted by atomic mass is 32.2. The first kappa shape index (κ1) is 29.4. The normalized spacial score (nSPS) is 16.3. The smallest absolute Gasteiger partial charge is 0.328 e. The van der Waals surface area contributed by atoms with Crippen molar-refractivity contribution in [2.45, 2.75) is 63.1 Å². The van der Waals surface area contributed by atoms with E-state index in [1.54, 1.807) is 30.3 Å². The largest absolute Gasteiger partial charge is 0.480 e. The fourth-order valence-electron chi connectivity index (χ4n) is 3.00. The van der Waals surface area contributed by atoms with Crippen LogP contribution in [0.4, 0.5) is 0 Å². The number of carboxylic acids is 1. The van der Waals surface area contributed by atoms with Crippen LogP contribution in [0.1, 0.15) is 25.8 Å². The Morgan fingerprint density at radius 1 is 0.912 bits per heavy atom. The van der Waals surface area contributed by atoms with Gasteiger partial charge in [0.25, 0.3) is 0 Å². The molecule has 6 unspecified atom stereocenters. The molecule has 0 bridgehead atoms. The van der Waals surface area contributed by atoms with Crippen molar-refractivity contribution < 1.29 is 34.5 Å². The number of carbonyl (C=O) groups is 4. The lowest BCUT2D eigenvalue weighted by atomic mass is 10.0. The molecular formula is C22H34N4O7S. The molecule has 0 heterocycles. The summed E-state index contributed by atoms with van der Waals surface area (Å²) in [6.07, 6.45) is -0.442. The summed E-state index contributed by atoms with van der Waals surface area (Å²) in [7, 11) is 0. The molecule has 0 aliphatic heterocycles. The minimum atomic E-state index is -1.64. The summed E-state index contributed by atoms with van der Waals surface area (Å²) in [5.41, 5.74) is 6.65. The average Bonchev–Trinajstić information content (AvgIpc) is 2.78. The quantitative estimate of drug-likeness (QED) is 0.162. The number of hydrogen-bond donors (Lipinski definition) is 7. The molecule has 6 atom stereocenters. The third-order valence-corrected chi connectivity index (χ3v) is 5.64. The van der Waals surface area contributed by atoms with E-state index in [0.717, 1.165) is 5.56 Å². The molecule has 0 aliphatic carbocycles. The van der Waals surface area contributed by atoms with Gasteiger partial charge >= 0.3 is 5.97 Å². The van der Waals surface area contributed by atoms with Crippen LogP contribution >= 0.6 is 11.8 Å². The summed E-state index contributed by atoms with van der Waals surface area (Å²) < 4.78 is 0. The summed E-state index contributed by atoms with van der Waals surface area (Å²) in [6.45, 7) is 2.42. The Morgan fingerprint density at radius 3 is 1.97 bits per heavy atom. The number of aliphatic hydroxyl groups excluding tert-OH is 2. The van der Waals surface area contributed by atoms with Gasteiger partial charge in [0.2, 0.25) is 17.7 Å². The Kier molecular flexibility index (Phi) is 12.6. The predicted molar refractivity (Wildman–Crippen MR) is 128 cm³/mol. The van der Waals surface area contributed by atoms with E-state index >= 15 is 0 Å². The van der Waals surface area contributed by atoms with Gasteiger partial charge in [0.05, 0.1) is 18.2 Å². The molecular weight excluding hydrogens is 464 g/mol. The van der Waals surface area contributed by atoms with Crippen LogP contribution in [0, 0.1) is 0 Å². The topological polar surface area (TPSA) is 191 Å². The number of thioether (sulfide) groups is 1. The van der Waals surface area contributed by atoms with E-state index in [2.05, 4.69) is 16.0 Å². The van der Waals surface area contributed by atoms with Gasteiger partial charge in [0.1, 0.15) is 12.1 Å². The molecule has 0 spiro atoms. The monoisotopic (exact) mass is 498 g/mol. The van der Waals surface area contributed by atoms with Crippen molar-refractivity contribution in [3.63, 3.8) is 0 Å². The molecule has 0 radical (unpaired) electrons. The molecule has 1 rings (SSSR count). The van der Waals surface area contributed by atoms with Crippen LogP contribution in [0.3, 0.4) is 0 Å². The zero-order valence-corrected chi connectivity index (χ0v) is 20.2. The lowest BCUT2D eigenvalue weighted by Crippen LogP contribution is -2.61. The number of aliphatic carboxylic acids is 1. The van der Waals surface area contributed by atoms with Crippen molar-refractivity contribution in [3.8, 4) is 0 Å². The van der Waals surface area contributed by atoms with E-state index in [4.69, 9.17) is 5.73 Å². The van der Waals surface area contributed by atoms with Gasteiger partial charge in [-0.25, -0.2) is 4.79 Å². The van der Waals surface area contributed by atoms with Crippen LogP contribution in [0.25, 0.3) is 0 Å². The summed E-state index contributed by atoms with van der Waals surface area (Å²) in [4.78, 5) is 49.5. The van der Waals surface area contributed by atoms with Crippen molar-refractivity contribution in [1.82, 2.24) is 16.0 Å². The third-order valence-electron chi connectivity index (χ3n) is 4.99. The second-order valence-corrected chi connectivity index (χ2v) is 8.92. The summed E-state index contributed by atoms with van der Waals surface area (Å²) in [5.74, 6) is -3.13. The highest BCUT2D eigenvalue weighted by Crippen LogP contribution is 2.07. The number of nitrogens with two attached hydrogens (primary N) is 1. The second kappa shape index (κ2) is 14.6. The first-order valence-electron chi connectivity index (χ1n) is 10.8. The van der Waals surface area contributed by atoms with E-state index in [1.807, 2.05) is 6.26 Å². The lowest BCUT2D eigenvalue weighted by Gasteiger charge is -2.27. The maximum atomic E-state index is 13.1. The molecule has 190 valence electrons. The standard InChI is InChI=1S/C22H34N4O7S/c1-12(27)17(21(31)26-18(13(2)28)22(32)33)25-20(30)16(11-14-7-5-4-6-8-14)24-19(29)15(23)9-10-34-3/h4-8,12-13,15-18,27-28H,9-11,23H2,1-3H3,(H,24,29)(H,25,30)(H,26,31)(H,32,33). The van der Waals surface area contributed by atoms with Crippen LogP contribution in [0.15, 0.2) is 30.3 Å². The van der Waals surface area contributed by atoms with Gasteiger partial charge in [0, 0.05) is 6.42 Å². The number of carboxylic acid groups (broad SMARTS) is 1. The molecule has 0 saturated carbocycles. The van der Waals surface area contributed by atoms with Gasteiger partial charge in [-0.1, -0.05) is 30.3 Å². The van der Waals surface area contributed by atoms with Gasteiger partial charge in [-0.2, -0.15) is 11.8 Å². The lowest BCUT2D eigenvalue weighted by molar-refractivity contribution is -0.146. The van der Waals surface area contributed by atoms with Crippen molar-refractivity contribution in [2.24, 2.45) is 5.73 Å². The third kappa shape index (κ3) is 9.67. The number of aliphatic hydroxyl groups is 2. The van der Waals surface area contributed by atoms with Crippen LogP contribution in [0.2, 0.25) is 0 Å². The van der Waals surface area contributed by atoms with Crippen LogP contribution in [-0.4, -0.2) is 87.4 Å². The van der Waals surface area contributed by atoms with Crippen molar-refractivity contribution in [3.05, 3.63) is 35.9 Å². The Balaban J connectivity index is 3.04. The van der Waals surface area contributed by atoms with E-state index < -0.39 is 60.1 Å². The molecule has 3 amide bonds. The van der Waals surface area contributed by atoms with Gasteiger partial charge in [-0.3, -0.25) is 14.4 Å². The fourth-order valence-corrected chi connectivity index (χ4v) is 3.49. The van der Waals surface area contributed by atoms with Crippen molar-refractivity contribution in [2.75, 3.05) is 12.0 Å². The van der Waals surface area contributed by atoms with E-state index in [0.29, 0.717) is 12.2 Å². The Hall–Kier alpha value is -2.67. The van der Waals surface area contributed by atoms with Gasteiger partial charge < -0.3 is 37.0 Å². The SMILES string of the molecule is CSCCC(N)C(=O)NC(Cc1ccccc1)C(=O)NC(C(=O)NC(C(=O)O)C(C)O)C(C)O. The number of amides is 3. The van der Waals surface area contributed by atoms with Crippen molar-refractivity contribution >= 4 is 35.5 Å². The molecule has 1 aromatic carbocycles. The fraction of sp³-hybridized carbons (Fsp3) is 0.545.